The summed E-state index contributed by atoms with van der Waals surface area (Å²) in [5.41, 5.74) is 0. The van der Waals surface area contributed by atoms with E-state index in [1.54, 1.807) is 7.11 Å². The summed E-state index contributed by atoms with van der Waals surface area (Å²) in [4.78, 5) is 0. The Morgan fingerprint density at radius 2 is 0.667 bits per heavy atom. The topological polar surface area (TPSA) is 73.8 Å². The highest BCUT2D eigenvalue weighted by atomic mass is 32.1. The van der Waals surface area contributed by atoms with Crippen molar-refractivity contribution in [2.75, 3.05) is 112 Å². The van der Waals surface area contributed by atoms with E-state index in [-0.39, 0.29) is 0 Å². The summed E-state index contributed by atoms with van der Waals surface area (Å²) in [6.07, 6.45) is 0.968. The zero-order chi connectivity index (χ0) is 19.7. The van der Waals surface area contributed by atoms with Crippen molar-refractivity contribution in [3.8, 4) is 0 Å². The van der Waals surface area contributed by atoms with Crippen LogP contribution in [0, 0.1) is 0 Å². The molecule has 0 spiro atoms. The Labute approximate surface area is 169 Å². The fourth-order valence-electron chi connectivity index (χ4n) is 1.73. The summed E-state index contributed by atoms with van der Waals surface area (Å²) >= 11 is 4.11. The molecule has 0 heterocycles. The molecule has 0 bridgehead atoms. The smallest absolute Gasteiger partial charge is 0.0701 e. The van der Waals surface area contributed by atoms with Gasteiger partial charge >= 0.3 is 0 Å². The molecule has 9 heteroatoms. The van der Waals surface area contributed by atoms with Gasteiger partial charge in [0.25, 0.3) is 0 Å². The Hall–Kier alpha value is 0.0300. The first-order valence-electron chi connectivity index (χ1n) is 9.55. The Bertz CT molecular complexity index is 238. The lowest BCUT2D eigenvalue weighted by atomic mass is 10.5. The van der Waals surface area contributed by atoms with Gasteiger partial charge in [-0.1, -0.05) is 0 Å². The van der Waals surface area contributed by atoms with E-state index in [1.807, 2.05) is 0 Å². The summed E-state index contributed by atoms with van der Waals surface area (Å²) in [6.45, 7) is 8.69. The number of rotatable bonds is 24. The molecule has 0 aliphatic rings. The molecule has 8 nitrogen and oxygen atoms in total. The first-order valence-corrected chi connectivity index (χ1v) is 10.2. The second kappa shape index (κ2) is 26.0. The number of hydrogen-bond acceptors (Lipinski definition) is 9. The molecule has 0 aliphatic carbocycles. The van der Waals surface area contributed by atoms with E-state index in [0.717, 1.165) is 18.8 Å². The Morgan fingerprint density at radius 3 is 0.926 bits per heavy atom. The molecule has 0 aliphatic heterocycles. The summed E-state index contributed by atoms with van der Waals surface area (Å²) in [5.74, 6) is 0.850. The van der Waals surface area contributed by atoms with Crippen molar-refractivity contribution in [1.29, 1.82) is 0 Å². The minimum atomic E-state index is 0.545. The van der Waals surface area contributed by atoms with Crippen LogP contribution in [0.2, 0.25) is 0 Å². The van der Waals surface area contributed by atoms with Gasteiger partial charge in [0.15, 0.2) is 0 Å². The molecular formula is C18H38O8S. The molecular weight excluding hydrogens is 376 g/mol. The van der Waals surface area contributed by atoms with Crippen molar-refractivity contribution < 1.29 is 37.9 Å². The molecule has 0 fully saturated rings. The maximum atomic E-state index is 5.41. The van der Waals surface area contributed by atoms with E-state index < -0.39 is 0 Å². The van der Waals surface area contributed by atoms with Crippen LogP contribution in [-0.4, -0.2) is 112 Å². The van der Waals surface area contributed by atoms with E-state index in [9.17, 15) is 0 Å². The highest BCUT2D eigenvalue weighted by Crippen LogP contribution is 1.87. The van der Waals surface area contributed by atoms with Gasteiger partial charge in [-0.25, -0.2) is 0 Å². The molecule has 0 aromatic heterocycles. The zero-order valence-electron chi connectivity index (χ0n) is 16.7. The van der Waals surface area contributed by atoms with Gasteiger partial charge in [-0.05, 0) is 12.2 Å². The monoisotopic (exact) mass is 414 g/mol. The largest absolute Gasteiger partial charge is 0.382 e. The van der Waals surface area contributed by atoms with Gasteiger partial charge in [0.2, 0.25) is 0 Å². The van der Waals surface area contributed by atoms with Gasteiger partial charge in [0, 0.05) is 13.7 Å². The van der Waals surface area contributed by atoms with Crippen LogP contribution >= 0.6 is 12.6 Å². The maximum absolute atomic E-state index is 5.41. The molecule has 0 atom stereocenters. The second-order valence-electron chi connectivity index (χ2n) is 5.36. The first-order chi connectivity index (χ1) is 13.4. The number of ether oxygens (including phenoxy) is 8. The molecule has 0 amide bonds. The number of hydrogen-bond donors (Lipinski definition) is 1. The average molecular weight is 415 g/mol. The summed E-state index contributed by atoms with van der Waals surface area (Å²) in [6, 6.07) is 0. The molecule has 0 radical (unpaired) electrons. The van der Waals surface area contributed by atoms with Gasteiger partial charge in [-0.3, -0.25) is 0 Å². The van der Waals surface area contributed by atoms with E-state index in [1.165, 1.54) is 0 Å². The van der Waals surface area contributed by atoms with Crippen molar-refractivity contribution in [3.05, 3.63) is 0 Å². The predicted octanol–water partition coefficient (Wildman–Crippen LogP) is 1.07. The molecule has 27 heavy (non-hydrogen) atoms. The van der Waals surface area contributed by atoms with Crippen LogP contribution in [0.1, 0.15) is 6.42 Å². The average Bonchev–Trinajstić information content (AvgIpc) is 2.68. The maximum Gasteiger partial charge on any atom is 0.0701 e. The molecule has 0 aromatic rings. The molecule has 0 saturated carbocycles. The van der Waals surface area contributed by atoms with E-state index in [4.69, 9.17) is 37.9 Å². The van der Waals surface area contributed by atoms with Crippen LogP contribution in [0.4, 0.5) is 0 Å². The number of methoxy groups -OCH3 is 1. The minimum Gasteiger partial charge on any atom is -0.382 e. The Kier molecular flexibility index (Phi) is 26.1. The third kappa shape index (κ3) is 26.0. The minimum absolute atomic E-state index is 0.545. The highest BCUT2D eigenvalue weighted by Gasteiger charge is 1.94. The van der Waals surface area contributed by atoms with Crippen LogP contribution in [0.3, 0.4) is 0 Å². The molecule has 0 rings (SSSR count). The summed E-state index contributed by atoms with van der Waals surface area (Å²) in [7, 11) is 1.65. The standard InChI is InChI=1S/C18H38O8S/c1-19-4-5-21-8-9-23-12-13-25-16-17-26-15-14-24-11-10-22-7-6-20-3-2-18-27/h27H,2-18H2,1H3. The van der Waals surface area contributed by atoms with Crippen molar-refractivity contribution in [1.82, 2.24) is 0 Å². The SMILES string of the molecule is COCCOCCOCCOCCOCCOCCOCCOCCCS. The normalized spacial score (nSPS) is 11.3. The molecule has 0 unspecified atom stereocenters. The van der Waals surface area contributed by atoms with Crippen LogP contribution in [0.5, 0.6) is 0 Å². The first kappa shape index (κ1) is 27.0. The zero-order valence-corrected chi connectivity index (χ0v) is 17.6. The van der Waals surface area contributed by atoms with E-state index in [0.29, 0.717) is 92.5 Å². The highest BCUT2D eigenvalue weighted by molar-refractivity contribution is 7.80. The van der Waals surface area contributed by atoms with Crippen LogP contribution in [0.25, 0.3) is 0 Å². The summed E-state index contributed by atoms with van der Waals surface area (Å²) < 4.78 is 42.5. The summed E-state index contributed by atoms with van der Waals surface area (Å²) in [5, 5.41) is 0. The number of thiol groups is 1. The van der Waals surface area contributed by atoms with Gasteiger partial charge < -0.3 is 37.9 Å². The molecule has 0 saturated heterocycles. The third-order valence-corrected chi connectivity index (χ3v) is 3.43. The van der Waals surface area contributed by atoms with Crippen molar-refractivity contribution in [3.63, 3.8) is 0 Å². The van der Waals surface area contributed by atoms with Gasteiger partial charge in [0.05, 0.1) is 92.5 Å². The van der Waals surface area contributed by atoms with Crippen LogP contribution < -0.4 is 0 Å². The Balaban J connectivity index is 2.95. The quantitative estimate of drug-likeness (QED) is 0.186. The molecule has 164 valence electrons. The lowest BCUT2D eigenvalue weighted by molar-refractivity contribution is -0.0220. The fraction of sp³-hybridized carbons (Fsp3) is 1.00. The molecule has 0 aromatic carbocycles. The van der Waals surface area contributed by atoms with Crippen molar-refractivity contribution in [2.24, 2.45) is 0 Å². The predicted molar refractivity (Wildman–Crippen MR) is 106 cm³/mol. The fourth-order valence-corrected chi connectivity index (χ4v) is 1.86. The van der Waals surface area contributed by atoms with Crippen LogP contribution in [0.15, 0.2) is 0 Å². The van der Waals surface area contributed by atoms with Crippen molar-refractivity contribution in [2.45, 2.75) is 6.42 Å². The lowest BCUT2D eigenvalue weighted by Gasteiger charge is -2.08. The third-order valence-electron chi connectivity index (χ3n) is 3.11. The Morgan fingerprint density at radius 1 is 0.407 bits per heavy atom. The van der Waals surface area contributed by atoms with Gasteiger partial charge in [-0.2, -0.15) is 12.6 Å². The van der Waals surface area contributed by atoms with E-state index >= 15 is 0 Å². The lowest BCUT2D eigenvalue weighted by Crippen LogP contribution is -2.14. The van der Waals surface area contributed by atoms with Crippen LogP contribution in [-0.2, 0) is 37.9 Å². The van der Waals surface area contributed by atoms with Crippen molar-refractivity contribution >= 4 is 12.6 Å². The van der Waals surface area contributed by atoms with Gasteiger partial charge in [-0.15, -0.1) is 0 Å². The van der Waals surface area contributed by atoms with E-state index in [2.05, 4.69) is 12.6 Å². The molecule has 0 N–H and O–H groups in total. The second-order valence-corrected chi connectivity index (χ2v) is 5.80. The van der Waals surface area contributed by atoms with Gasteiger partial charge in [0.1, 0.15) is 0 Å².